The third kappa shape index (κ3) is 9.74. The summed E-state index contributed by atoms with van der Waals surface area (Å²) in [5, 5.41) is 0. The van der Waals surface area contributed by atoms with Gasteiger partial charge in [0.15, 0.2) is 0 Å². The van der Waals surface area contributed by atoms with Crippen molar-refractivity contribution in [1.29, 1.82) is 0 Å². The van der Waals surface area contributed by atoms with Gasteiger partial charge in [0.05, 0.1) is 0 Å². The van der Waals surface area contributed by atoms with Crippen molar-refractivity contribution >= 4 is 0 Å². The molecule has 0 amide bonds. The van der Waals surface area contributed by atoms with Crippen LogP contribution in [-0.4, -0.2) is 15.0 Å². The Bertz CT molecular complexity index is 1800. The molecule has 7 aromatic rings. The number of rotatable bonds is 5. The number of pyridine rings is 3. The molecule has 220 valence electrons. The molecule has 0 N–H and O–H groups in total. The first kappa shape index (κ1) is 27.5. The minimum absolute atomic E-state index is 0. The van der Waals surface area contributed by atoms with Gasteiger partial charge in [-0.05, 0) is 46.7 Å². The Balaban J connectivity index is 0.000000181. The van der Waals surface area contributed by atoms with Crippen molar-refractivity contribution in [1.82, 2.24) is 15.0 Å². The third-order valence-corrected chi connectivity index (χ3v) is 6.46. The molecular weight excluding hydrogens is 727 g/mol. The van der Waals surface area contributed by atoms with E-state index in [4.69, 9.17) is 5.48 Å². The van der Waals surface area contributed by atoms with Gasteiger partial charge in [0.2, 0.25) is 0 Å². The molecule has 1 atom stereocenters. The van der Waals surface area contributed by atoms with Gasteiger partial charge >= 0.3 is 20.1 Å². The fourth-order valence-corrected chi connectivity index (χ4v) is 4.30. The largest absolute Gasteiger partial charge is 3.00 e. The Hall–Kier alpha value is -5.02. The monoisotopic (exact) mass is 763 g/mol. The summed E-state index contributed by atoms with van der Waals surface area (Å²) in [6.07, 6.45) is 3.89. The first-order valence-corrected chi connectivity index (χ1v) is 14.1. The van der Waals surface area contributed by atoms with Gasteiger partial charge in [-0.25, -0.2) is 0 Å². The minimum Gasteiger partial charge on any atom is -0.305 e. The first-order valence-electron chi connectivity index (χ1n) is 16.2. The maximum absolute atomic E-state index is 8.21. The van der Waals surface area contributed by atoms with Crippen molar-refractivity contribution in [3.63, 3.8) is 0 Å². The molecule has 3 heterocycles. The van der Waals surface area contributed by atoms with E-state index >= 15 is 0 Å². The molecule has 4 aromatic carbocycles. The topological polar surface area (TPSA) is 38.7 Å². The van der Waals surface area contributed by atoms with Gasteiger partial charge in [0, 0.05) is 29.6 Å². The molecule has 0 bridgehead atoms. The molecule has 45 heavy (non-hydrogen) atoms. The molecule has 0 saturated heterocycles. The molecule has 4 heteroatoms. The molecule has 0 spiro atoms. The second kappa shape index (κ2) is 17.9. The number of hydrogen-bond acceptors (Lipinski definition) is 3. The normalized spacial score (nSPS) is 12.1. The summed E-state index contributed by atoms with van der Waals surface area (Å²) in [5.74, 6) is 0. The summed E-state index contributed by atoms with van der Waals surface area (Å²) < 4.78 is 31.1. The van der Waals surface area contributed by atoms with Crippen LogP contribution in [0.4, 0.5) is 0 Å². The van der Waals surface area contributed by atoms with E-state index in [9.17, 15) is 0 Å². The number of nitrogens with zero attached hydrogens (tertiary/aromatic N) is 3. The molecular formula is C41H32IrN3. The number of hydrogen-bond donors (Lipinski definition) is 0. The van der Waals surface area contributed by atoms with Crippen molar-refractivity contribution in [3.05, 3.63) is 188 Å². The molecule has 7 rings (SSSR count). The van der Waals surface area contributed by atoms with Gasteiger partial charge in [-0.1, -0.05) is 67.5 Å². The first-order chi connectivity index (χ1) is 23.4. The smallest absolute Gasteiger partial charge is 0.305 e. The summed E-state index contributed by atoms with van der Waals surface area (Å²) in [5.41, 5.74) is 7.38. The van der Waals surface area contributed by atoms with Gasteiger partial charge in [-0.15, -0.1) is 108 Å². The fourth-order valence-electron chi connectivity index (χ4n) is 4.30. The van der Waals surface area contributed by atoms with Crippen LogP contribution in [0.1, 0.15) is 17.9 Å². The molecule has 3 nitrogen and oxygen atoms in total. The van der Waals surface area contributed by atoms with Crippen LogP contribution in [0.2, 0.25) is 0 Å². The van der Waals surface area contributed by atoms with Gasteiger partial charge < -0.3 is 15.0 Å². The predicted molar refractivity (Wildman–Crippen MR) is 180 cm³/mol. The number of aromatic nitrogens is 3. The van der Waals surface area contributed by atoms with Crippen LogP contribution >= 0.6 is 0 Å². The summed E-state index contributed by atoms with van der Waals surface area (Å²) >= 11 is 0. The van der Waals surface area contributed by atoms with Crippen LogP contribution < -0.4 is 0 Å². The van der Waals surface area contributed by atoms with Crippen LogP contribution in [-0.2, 0) is 26.5 Å². The zero-order chi connectivity index (χ0) is 33.6. The Morgan fingerprint density at radius 2 is 1.04 bits per heavy atom. The van der Waals surface area contributed by atoms with Crippen LogP contribution in [0.5, 0.6) is 0 Å². The fraction of sp³-hybridized carbons (Fsp3) is 0.0488. The Morgan fingerprint density at radius 3 is 1.49 bits per heavy atom. The average Bonchev–Trinajstić information content (AvgIpc) is 3.16. The van der Waals surface area contributed by atoms with Crippen molar-refractivity contribution in [2.75, 3.05) is 0 Å². The van der Waals surface area contributed by atoms with Crippen molar-refractivity contribution in [2.24, 2.45) is 0 Å². The zero-order valence-corrected chi connectivity index (χ0v) is 26.7. The van der Waals surface area contributed by atoms with Crippen LogP contribution in [0.25, 0.3) is 44.9 Å². The van der Waals surface area contributed by atoms with Crippen LogP contribution in [0.15, 0.2) is 164 Å². The van der Waals surface area contributed by atoms with Crippen molar-refractivity contribution in [2.45, 2.75) is 13.2 Å². The quantitative estimate of drug-likeness (QED) is 0.164. The third-order valence-electron chi connectivity index (χ3n) is 6.46. The van der Waals surface area contributed by atoms with Crippen molar-refractivity contribution in [3.8, 4) is 44.9 Å². The standard InChI is InChI=1S/C19H16N.2C11H8N.Ir/c1-2-15-13-19(17-11-7-4-8-12-17)20-14-18(15)16-9-5-3-6-10-16;2*1-2-6-10(7-3-1)11-8-4-5-9-12-11;/h3-11,13-14H,2H2,1H3;2*1-6,8-9H;/q3*-1;+3/i1D3,2D;;;. The van der Waals surface area contributed by atoms with Gasteiger partial charge in [0.1, 0.15) is 0 Å². The Kier molecular flexibility index (Phi) is 11.0. The summed E-state index contributed by atoms with van der Waals surface area (Å²) in [6, 6.07) is 55.2. The maximum Gasteiger partial charge on any atom is 3.00 e. The Morgan fingerprint density at radius 1 is 0.556 bits per heavy atom. The molecule has 0 aliphatic rings. The van der Waals surface area contributed by atoms with E-state index in [-0.39, 0.29) is 20.1 Å². The zero-order valence-electron chi connectivity index (χ0n) is 28.3. The SMILES string of the molecule is [2H]C(c1cc(-c2[c-]cccc2)ncc1-c1ccccc1)C([2H])([2H])[2H].[Ir+3].[c-]1ccccc1-c1ccccn1.[c-]1ccccc1-c1ccccn1. The van der Waals surface area contributed by atoms with Crippen LogP contribution in [0.3, 0.4) is 0 Å². The van der Waals surface area contributed by atoms with Gasteiger partial charge in [-0.3, -0.25) is 0 Å². The van der Waals surface area contributed by atoms with E-state index in [1.165, 1.54) is 0 Å². The molecule has 0 fully saturated rings. The van der Waals surface area contributed by atoms with Gasteiger partial charge in [-0.2, -0.15) is 0 Å². The minimum atomic E-state index is -2.40. The van der Waals surface area contributed by atoms with Gasteiger partial charge in [0.25, 0.3) is 0 Å². The van der Waals surface area contributed by atoms with E-state index < -0.39 is 13.2 Å². The van der Waals surface area contributed by atoms with E-state index in [2.05, 4.69) is 33.2 Å². The Labute approximate surface area is 285 Å². The van der Waals surface area contributed by atoms with E-state index in [0.29, 0.717) is 16.8 Å². The summed E-state index contributed by atoms with van der Waals surface area (Å²) in [4.78, 5) is 12.9. The van der Waals surface area contributed by atoms with Crippen molar-refractivity contribution < 1.29 is 25.6 Å². The summed E-state index contributed by atoms with van der Waals surface area (Å²) in [7, 11) is 0. The second-order valence-corrected chi connectivity index (χ2v) is 9.43. The van der Waals surface area contributed by atoms with Crippen LogP contribution in [0, 0.1) is 18.2 Å². The maximum atomic E-state index is 8.21. The molecule has 0 saturated carbocycles. The predicted octanol–water partition coefficient (Wildman–Crippen LogP) is 9.87. The molecule has 0 radical (unpaired) electrons. The van der Waals surface area contributed by atoms with E-state index in [1.54, 1.807) is 30.7 Å². The van der Waals surface area contributed by atoms with E-state index in [0.717, 1.165) is 33.6 Å². The second-order valence-electron chi connectivity index (χ2n) is 9.43. The number of benzene rings is 4. The molecule has 0 aliphatic carbocycles. The average molecular weight is 763 g/mol. The summed E-state index contributed by atoms with van der Waals surface area (Å²) in [6.45, 7) is -2.40. The number of aryl methyl sites for hydroxylation is 1. The molecule has 1 unspecified atom stereocenters. The molecule has 0 aliphatic heterocycles. The van der Waals surface area contributed by atoms with E-state index in [1.807, 2.05) is 133 Å². The molecule has 3 aromatic heterocycles.